The molecule has 1 aliphatic heterocycles. The number of amides is 2. The van der Waals surface area contributed by atoms with E-state index in [4.69, 9.17) is 0 Å². The molecule has 0 aliphatic carbocycles. The van der Waals surface area contributed by atoms with Crippen LogP contribution in [0.5, 0.6) is 0 Å². The summed E-state index contributed by atoms with van der Waals surface area (Å²) in [6.07, 6.45) is 2.11. The van der Waals surface area contributed by atoms with Crippen LogP contribution in [0, 0.1) is 6.92 Å². The molecule has 98 valence electrons. The van der Waals surface area contributed by atoms with E-state index in [1.165, 1.54) is 4.68 Å². The number of likely N-dealkylation sites (tertiary alicyclic amines) is 1. The van der Waals surface area contributed by atoms with Gasteiger partial charge >= 0.3 is 0 Å². The molecular formula is C12H18N4O2. The number of carbonyl (C=O) groups excluding carboxylic acids is 2. The molecule has 0 spiro atoms. The third-order valence-corrected chi connectivity index (χ3v) is 3.09. The smallest absolute Gasteiger partial charge is 0.269 e. The van der Waals surface area contributed by atoms with Crippen molar-refractivity contribution in [2.75, 3.05) is 19.6 Å². The van der Waals surface area contributed by atoms with E-state index < -0.39 is 0 Å². The lowest BCUT2D eigenvalue weighted by atomic mass is 10.3. The Morgan fingerprint density at radius 1 is 1.39 bits per heavy atom. The molecule has 2 amide bonds. The average Bonchev–Trinajstić information content (AvgIpc) is 2.95. The summed E-state index contributed by atoms with van der Waals surface area (Å²) in [6.45, 7) is 3.49. The maximum atomic E-state index is 11.9. The lowest BCUT2D eigenvalue weighted by Crippen LogP contribution is -2.39. The first-order valence-electron chi connectivity index (χ1n) is 6.14. The minimum absolute atomic E-state index is 0.0141. The Hall–Kier alpha value is -1.85. The van der Waals surface area contributed by atoms with Crippen molar-refractivity contribution in [3.05, 3.63) is 17.5 Å². The Bertz CT molecular complexity index is 461. The monoisotopic (exact) mass is 250 g/mol. The molecule has 1 saturated heterocycles. The van der Waals surface area contributed by atoms with Gasteiger partial charge in [0.15, 0.2) is 0 Å². The van der Waals surface area contributed by atoms with Gasteiger partial charge in [0.05, 0.1) is 12.2 Å². The van der Waals surface area contributed by atoms with Crippen LogP contribution >= 0.6 is 0 Å². The van der Waals surface area contributed by atoms with Crippen LogP contribution in [-0.2, 0) is 11.8 Å². The van der Waals surface area contributed by atoms with Gasteiger partial charge in [0.25, 0.3) is 5.91 Å². The van der Waals surface area contributed by atoms with Crippen LogP contribution in [0.1, 0.15) is 29.0 Å². The normalized spacial score (nSPS) is 14.9. The Kier molecular flexibility index (Phi) is 3.64. The van der Waals surface area contributed by atoms with Crippen molar-refractivity contribution in [3.63, 3.8) is 0 Å². The van der Waals surface area contributed by atoms with Gasteiger partial charge in [0.2, 0.25) is 5.91 Å². The first-order valence-corrected chi connectivity index (χ1v) is 6.14. The maximum Gasteiger partial charge on any atom is 0.269 e. The van der Waals surface area contributed by atoms with Gasteiger partial charge in [0.1, 0.15) is 5.69 Å². The van der Waals surface area contributed by atoms with Crippen molar-refractivity contribution in [1.29, 1.82) is 0 Å². The second-order valence-electron chi connectivity index (χ2n) is 4.57. The van der Waals surface area contributed by atoms with E-state index in [9.17, 15) is 9.59 Å². The number of aryl methyl sites for hydroxylation is 2. The second-order valence-corrected chi connectivity index (χ2v) is 4.57. The summed E-state index contributed by atoms with van der Waals surface area (Å²) >= 11 is 0. The minimum Gasteiger partial charge on any atom is -0.342 e. The molecule has 1 aliphatic rings. The SMILES string of the molecule is Cc1cc(C(=O)NCC(=O)N2CCCC2)n(C)n1. The molecular weight excluding hydrogens is 232 g/mol. The summed E-state index contributed by atoms with van der Waals surface area (Å²) in [5, 5.41) is 6.74. The molecule has 0 radical (unpaired) electrons. The van der Waals surface area contributed by atoms with Crippen molar-refractivity contribution in [2.24, 2.45) is 7.05 Å². The van der Waals surface area contributed by atoms with E-state index in [-0.39, 0.29) is 18.4 Å². The van der Waals surface area contributed by atoms with Gasteiger partial charge < -0.3 is 10.2 Å². The van der Waals surface area contributed by atoms with Gasteiger partial charge in [-0.2, -0.15) is 5.10 Å². The highest BCUT2D eigenvalue weighted by atomic mass is 16.2. The first-order chi connectivity index (χ1) is 8.58. The number of hydrogen-bond acceptors (Lipinski definition) is 3. The summed E-state index contributed by atoms with van der Waals surface area (Å²) in [5.41, 5.74) is 1.26. The van der Waals surface area contributed by atoms with E-state index >= 15 is 0 Å². The van der Waals surface area contributed by atoms with E-state index in [0.717, 1.165) is 31.6 Å². The van der Waals surface area contributed by atoms with E-state index in [0.29, 0.717) is 5.69 Å². The average molecular weight is 250 g/mol. The standard InChI is InChI=1S/C12H18N4O2/c1-9-7-10(15(2)14-9)12(18)13-8-11(17)16-5-3-4-6-16/h7H,3-6,8H2,1-2H3,(H,13,18). The Labute approximate surface area is 106 Å². The van der Waals surface area contributed by atoms with Gasteiger partial charge in [-0.15, -0.1) is 0 Å². The van der Waals surface area contributed by atoms with E-state index in [1.807, 2.05) is 6.92 Å². The molecule has 1 fully saturated rings. The zero-order valence-corrected chi connectivity index (χ0v) is 10.8. The predicted molar refractivity (Wildman–Crippen MR) is 66.1 cm³/mol. The maximum absolute atomic E-state index is 11.9. The Morgan fingerprint density at radius 2 is 2.06 bits per heavy atom. The summed E-state index contributed by atoms with van der Waals surface area (Å²) in [4.78, 5) is 25.4. The highest BCUT2D eigenvalue weighted by molar-refractivity contribution is 5.95. The zero-order valence-electron chi connectivity index (χ0n) is 10.8. The highest BCUT2D eigenvalue weighted by Gasteiger charge is 2.19. The Morgan fingerprint density at radius 3 is 2.61 bits per heavy atom. The molecule has 6 nitrogen and oxygen atoms in total. The molecule has 0 saturated carbocycles. The summed E-state index contributed by atoms with van der Waals surface area (Å²) in [7, 11) is 1.71. The highest BCUT2D eigenvalue weighted by Crippen LogP contribution is 2.07. The number of aromatic nitrogens is 2. The van der Waals surface area contributed by atoms with Crippen molar-refractivity contribution < 1.29 is 9.59 Å². The predicted octanol–water partition coefficient (Wildman–Crippen LogP) is 0.0807. The van der Waals surface area contributed by atoms with Crippen molar-refractivity contribution in [2.45, 2.75) is 19.8 Å². The van der Waals surface area contributed by atoms with Gasteiger partial charge in [-0.1, -0.05) is 0 Å². The Balaban J connectivity index is 1.88. The number of nitrogens with one attached hydrogen (secondary N) is 1. The number of nitrogens with zero attached hydrogens (tertiary/aromatic N) is 3. The third-order valence-electron chi connectivity index (χ3n) is 3.09. The fraction of sp³-hybridized carbons (Fsp3) is 0.583. The van der Waals surface area contributed by atoms with Crippen molar-refractivity contribution >= 4 is 11.8 Å². The molecule has 1 aromatic heterocycles. The van der Waals surface area contributed by atoms with Crippen LogP contribution in [0.2, 0.25) is 0 Å². The van der Waals surface area contributed by atoms with Gasteiger partial charge in [0, 0.05) is 20.1 Å². The minimum atomic E-state index is -0.259. The van der Waals surface area contributed by atoms with Gasteiger partial charge in [-0.05, 0) is 25.8 Å². The number of hydrogen-bond donors (Lipinski definition) is 1. The van der Waals surface area contributed by atoms with Gasteiger partial charge in [-0.3, -0.25) is 14.3 Å². The third kappa shape index (κ3) is 2.69. The molecule has 0 atom stereocenters. The summed E-state index contributed by atoms with van der Waals surface area (Å²) in [6, 6.07) is 1.70. The van der Waals surface area contributed by atoms with Crippen LogP contribution in [-0.4, -0.2) is 46.1 Å². The molecule has 1 N–H and O–H groups in total. The lowest BCUT2D eigenvalue weighted by Gasteiger charge is -2.15. The molecule has 0 bridgehead atoms. The first kappa shape index (κ1) is 12.6. The van der Waals surface area contributed by atoms with Crippen LogP contribution in [0.3, 0.4) is 0 Å². The fourth-order valence-electron chi connectivity index (χ4n) is 2.15. The molecule has 0 aromatic carbocycles. The van der Waals surface area contributed by atoms with E-state index in [1.54, 1.807) is 18.0 Å². The molecule has 2 heterocycles. The molecule has 0 unspecified atom stereocenters. The van der Waals surface area contributed by atoms with Crippen LogP contribution < -0.4 is 5.32 Å². The molecule has 1 aromatic rings. The zero-order chi connectivity index (χ0) is 13.1. The molecule has 6 heteroatoms. The molecule has 2 rings (SSSR count). The fourth-order valence-corrected chi connectivity index (χ4v) is 2.15. The van der Waals surface area contributed by atoms with Crippen LogP contribution in [0.15, 0.2) is 6.07 Å². The van der Waals surface area contributed by atoms with Crippen LogP contribution in [0.25, 0.3) is 0 Å². The van der Waals surface area contributed by atoms with Crippen molar-refractivity contribution in [3.8, 4) is 0 Å². The van der Waals surface area contributed by atoms with Gasteiger partial charge in [-0.25, -0.2) is 0 Å². The molecule has 18 heavy (non-hydrogen) atoms. The lowest BCUT2D eigenvalue weighted by molar-refractivity contribution is -0.129. The largest absolute Gasteiger partial charge is 0.342 e. The number of carbonyl (C=O) groups is 2. The van der Waals surface area contributed by atoms with Crippen molar-refractivity contribution in [1.82, 2.24) is 20.0 Å². The summed E-state index contributed by atoms with van der Waals surface area (Å²) < 4.78 is 1.52. The quantitative estimate of drug-likeness (QED) is 0.826. The second kappa shape index (κ2) is 5.20. The van der Waals surface area contributed by atoms with Crippen LogP contribution in [0.4, 0.5) is 0 Å². The summed E-state index contributed by atoms with van der Waals surface area (Å²) in [5.74, 6) is -0.273. The van der Waals surface area contributed by atoms with E-state index in [2.05, 4.69) is 10.4 Å². The number of rotatable bonds is 3. The topological polar surface area (TPSA) is 67.2 Å².